The van der Waals surface area contributed by atoms with Gasteiger partial charge in [-0.1, -0.05) is 23.7 Å². The molecule has 0 atom stereocenters. The summed E-state index contributed by atoms with van der Waals surface area (Å²) >= 11 is 6.30. The number of nitrogens with one attached hydrogen (secondary N) is 1. The van der Waals surface area contributed by atoms with Gasteiger partial charge in [0, 0.05) is 11.8 Å². The quantitative estimate of drug-likeness (QED) is 0.784. The van der Waals surface area contributed by atoms with E-state index < -0.39 is 9.84 Å². The molecule has 2 aromatic carbocycles. The fourth-order valence-electron chi connectivity index (χ4n) is 2.18. The van der Waals surface area contributed by atoms with Crippen molar-refractivity contribution in [3.05, 3.63) is 47.0 Å². The maximum atomic E-state index is 11.6. The van der Waals surface area contributed by atoms with Crippen LogP contribution in [0, 0.1) is 6.92 Å². The number of hydrogen-bond acceptors (Lipinski definition) is 3. The standard InChI is InChI=1S/C15H13ClN2O2S/c1-9-4-3-5-11(14(9)16)15-17-12-7-6-10(21(2,19)20)8-13(12)18-15/h3-8H,1-2H3,(H,17,18). The molecule has 0 bridgehead atoms. The normalized spacial score (nSPS) is 12.0. The molecule has 0 aliphatic rings. The Bertz CT molecular complexity index is 945. The molecule has 0 aliphatic heterocycles. The zero-order valence-electron chi connectivity index (χ0n) is 11.5. The van der Waals surface area contributed by atoms with Crippen LogP contribution in [0.15, 0.2) is 41.3 Å². The molecule has 3 aromatic rings. The third-order valence-corrected chi connectivity index (χ3v) is 4.94. The molecule has 3 rings (SSSR count). The Morgan fingerprint density at radius 1 is 1.19 bits per heavy atom. The van der Waals surface area contributed by atoms with Crippen LogP contribution in [0.3, 0.4) is 0 Å². The summed E-state index contributed by atoms with van der Waals surface area (Å²) in [7, 11) is -3.24. The maximum Gasteiger partial charge on any atom is 0.175 e. The number of benzene rings is 2. The zero-order chi connectivity index (χ0) is 15.2. The average Bonchev–Trinajstić information content (AvgIpc) is 2.83. The van der Waals surface area contributed by atoms with Crippen LogP contribution in [0.2, 0.25) is 5.02 Å². The van der Waals surface area contributed by atoms with E-state index in [2.05, 4.69) is 9.97 Å². The van der Waals surface area contributed by atoms with E-state index in [1.165, 1.54) is 6.26 Å². The van der Waals surface area contributed by atoms with Gasteiger partial charge in [-0.2, -0.15) is 0 Å². The predicted molar refractivity (Wildman–Crippen MR) is 84.4 cm³/mol. The molecule has 0 amide bonds. The highest BCUT2D eigenvalue weighted by Gasteiger charge is 2.13. The molecule has 6 heteroatoms. The number of H-pyrrole nitrogens is 1. The topological polar surface area (TPSA) is 62.8 Å². The van der Waals surface area contributed by atoms with Crippen LogP contribution in [0.25, 0.3) is 22.4 Å². The number of sulfone groups is 1. The van der Waals surface area contributed by atoms with Gasteiger partial charge in [0.25, 0.3) is 0 Å². The molecule has 1 heterocycles. The van der Waals surface area contributed by atoms with Crippen LogP contribution in [-0.2, 0) is 9.84 Å². The number of aromatic amines is 1. The third-order valence-electron chi connectivity index (χ3n) is 3.33. The smallest absolute Gasteiger partial charge is 0.175 e. The molecule has 21 heavy (non-hydrogen) atoms. The van der Waals surface area contributed by atoms with Gasteiger partial charge < -0.3 is 4.98 Å². The first kappa shape index (κ1) is 14.1. The van der Waals surface area contributed by atoms with Gasteiger partial charge >= 0.3 is 0 Å². The van der Waals surface area contributed by atoms with E-state index in [1.54, 1.807) is 18.2 Å². The van der Waals surface area contributed by atoms with Crippen LogP contribution in [-0.4, -0.2) is 24.6 Å². The third kappa shape index (κ3) is 2.54. The van der Waals surface area contributed by atoms with Crippen molar-refractivity contribution in [2.75, 3.05) is 6.26 Å². The Morgan fingerprint density at radius 3 is 2.67 bits per heavy atom. The van der Waals surface area contributed by atoms with Gasteiger partial charge in [-0.05, 0) is 36.8 Å². The van der Waals surface area contributed by atoms with Gasteiger partial charge in [0.2, 0.25) is 0 Å². The first-order valence-corrected chi connectivity index (χ1v) is 8.58. The van der Waals surface area contributed by atoms with E-state index in [0.717, 1.165) is 11.1 Å². The summed E-state index contributed by atoms with van der Waals surface area (Å²) in [5.41, 5.74) is 3.14. The zero-order valence-corrected chi connectivity index (χ0v) is 13.1. The molecule has 0 fully saturated rings. The second-order valence-corrected chi connectivity index (χ2v) is 7.37. The van der Waals surface area contributed by atoms with Gasteiger partial charge in [-0.25, -0.2) is 13.4 Å². The minimum atomic E-state index is -3.24. The Labute approximate surface area is 127 Å². The van der Waals surface area contributed by atoms with Gasteiger partial charge in [-0.3, -0.25) is 0 Å². The summed E-state index contributed by atoms with van der Waals surface area (Å²) in [6.45, 7) is 1.93. The first-order chi connectivity index (χ1) is 9.86. The van der Waals surface area contributed by atoms with E-state index in [1.807, 2.05) is 25.1 Å². The molecule has 0 aliphatic carbocycles. The van der Waals surface area contributed by atoms with Gasteiger partial charge in [-0.15, -0.1) is 0 Å². The highest BCUT2D eigenvalue weighted by molar-refractivity contribution is 7.90. The molecule has 0 unspecified atom stereocenters. The SMILES string of the molecule is Cc1cccc(-c2nc3ccc(S(C)(=O)=O)cc3[nH]2)c1Cl. The van der Waals surface area contributed by atoms with Crippen molar-refractivity contribution in [3.8, 4) is 11.4 Å². The minimum Gasteiger partial charge on any atom is -0.338 e. The molecular formula is C15H13ClN2O2S. The molecule has 0 spiro atoms. The van der Waals surface area contributed by atoms with Crippen LogP contribution < -0.4 is 0 Å². The van der Waals surface area contributed by atoms with Gasteiger partial charge in [0.05, 0.1) is 21.0 Å². The second kappa shape index (κ2) is 4.86. The van der Waals surface area contributed by atoms with Crippen molar-refractivity contribution < 1.29 is 8.42 Å². The average molecular weight is 321 g/mol. The Morgan fingerprint density at radius 2 is 1.95 bits per heavy atom. The van der Waals surface area contributed by atoms with Crippen LogP contribution in [0.1, 0.15) is 5.56 Å². The van der Waals surface area contributed by atoms with Crippen molar-refractivity contribution in [3.63, 3.8) is 0 Å². The largest absolute Gasteiger partial charge is 0.338 e. The highest BCUT2D eigenvalue weighted by atomic mass is 35.5. The lowest BCUT2D eigenvalue weighted by Gasteiger charge is -2.02. The lowest BCUT2D eigenvalue weighted by atomic mass is 10.1. The molecular weight excluding hydrogens is 308 g/mol. The Hall–Kier alpha value is -1.85. The second-order valence-electron chi connectivity index (χ2n) is 4.97. The summed E-state index contributed by atoms with van der Waals surface area (Å²) in [5, 5.41) is 0.639. The number of rotatable bonds is 2. The molecule has 1 N–H and O–H groups in total. The van der Waals surface area contributed by atoms with Crippen molar-refractivity contribution in [1.82, 2.24) is 9.97 Å². The van der Waals surface area contributed by atoms with Crippen molar-refractivity contribution in [2.45, 2.75) is 11.8 Å². The summed E-state index contributed by atoms with van der Waals surface area (Å²) in [6.07, 6.45) is 1.18. The van der Waals surface area contributed by atoms with Crippen molar-refractivity contribution in [1.29, 1.82) is 0 Å². The molecule has 4 nitrogen and oxygen atoms in total. The number of hydrogen-bond donors (Lipinski definition) is 1. The van der Waals surface area contributed by atoms with Crippen LogP contribution in [0.5, 0.6) is 0 Å². The number of halogens is 1. The van der Waals surface area contributed by atoms with Gasteiger partial charge in [0.15, 0.2) is 9.84 Å². The van der Waals surface area contributed by atoms with E-state index in [-0.39, 0.29) is 4.90 Å². The fraction of sp³-hybridized carbons (Fsp3) is 0.133. The summed E-state index contributed by atoms with van der Waals surface area (Å²) in [4.78, 5) is 7.87. The lowest BCUT2D eigenvalue weighted by molar-refractivity contribution is 0.602. The summed E-state index contributed by atoms with van der Waals surface area (Å²) < 4.78 is 23.2. The number of aryl methyl sites for hydroxylation is 1. The van der Waals surface area contributed by atoms with Gasteiger partial charge in [0.1, 0.15) is 5.82 Å². The summed E-state index contributed by atoms with van der Waals surface area (Å²) in [6, 6.07) is 10.5. The summed E-state index contributed by atoms with van der Waals surface area (Å²) in [5.74, 6) is 0.629. The first-order valence-electron chi connectivity index (χ1n) is 6.31. The van der Waals surface area contributed by atoms with Crippen LogP contribution >= 0.6 is 11.6 Å². The predicted octanol–water partition coefficient (Wildman–Crippen LogP) is 3.60. The number of imidazole rings is 1. The van der Waals surface area contributed by atoms with Crippen molar-refractivity contribution in [2.24, 2.45) is 0 Å². The fourth-order valence-corrected chi connectivity index (χ4v) is 3.04. The highest BCUT2D eigenvalue weighted by Crippen LogP contribution is 2.30. The molecule has 0 saturated carbocycles. The van der Waals surface area contributed by atoms with E-state index >= 15 is 0 Å². The van der Waals surface area contributed by atoms with E-state index in [4.69, 9.17) is 11.6 Å². The van der Waals surface area contributed by atoms with Crippen molar-refractivity contribution >= 4 is 32.5 Å². The molecule has 0 saturated heterocycles. The minimum absolute atomic E-state index is 0.264. The van der Waals surface area contributed by atoms with E-state index in [9.17, 15) is 8.42 Å². The number of aromatic nitrogens is 2. The number of fused-ring (bicyclic) bond motifs is 1. The Kier molecular flexibility index (Phi) is 3.26. The van der Waals surface area contributed by atoms with E-state index in [0.29, 0.717) is 21.9 Å². The maximum absolute atomic E-state index is 11.6. The van der Waals surface area contributed by atoms with Crippen LogP contribution in [0.4, 0.5) is 0 Å². The molecule has 1 aromatic heterocycles. The molecule has 108 valence electrons. The monoisotopic (exact) mass is 320 g/mol. The lowest BCUT2D eigenvalue weighted by Crippen LogP contribution is -1.96. The molecule has 0 radical (unpaired) electrons. The number of nitrogens with zero attached hydrogens (tertiary/aromatic N) is 1. The Balaban J connectivity index is 2.20.